The van der Waals surface area contributed by atoms with Gasteiger partial charge in [-0.15, -0.1) is 0 Å². The van der Waals surface area contributed by atoms with Crippen molar-refractivity contribution in [2.75, 3.05) is 13.1 Å². The highest BCUT2D eigenvalue weighted by molar-refractivity contribution is 5.32. The predicted molar refractivity (Wildman–Crippen MR) is 90.3 cm³/mol. The molecule has 146 valence electrons. The van der Waals surface area contributed by atoms with Gasteiger partial charge < -0.3 is 0 Å². The van der Waals surface area contributed by atoms with E-state index in [9.17, 15) is 33.4 Å². The van der Waals surface area contributed by atoms with Gasteiger partial charge in [0.1, 0.15) is 0 Å². The van der Waals surface area contributed by atoms with Crippen LogP contribution in [0.15, 0.2) is 18.2 Å². The third-order valence-corrected chi connectivity index (χ3v) is 3.99. The van der Waals surface area contributed by atoms with Gasteiger partial charge in [-0.05, 0) is 61.8 Å². The van der Waals surface area contributed by atoms with Crippen molar-refractivity contribution >= 4 is 0 Å². The van der Waals surface area contributed by atoms with Crippen LogP contribution in [0.4, 0.5) is 13.2 Å². The van der Waals surface area contributed by atoms with Gasteiger partial charge in [-0.3, -0.25) is 20.2 Å². The molecule has 0 fully saturated rings. The number of benzene rings is 1. The lowest BCUT2D eigenvalue weighted by Gasteiger charge is -2.12. The lowest BCUT2D eigenvalue weighted by atomic mass is 9.97. The zero-order valence-electron chi connectivity index (χ0n) is 14.5. The summed E-state index contributed by atoms with van der Waals surface area (Å²) in [7, 11) is 0. The second kappa shape index (κ2) is 10.7. The van der Waals surface area contributed by atoms with E-state index in [1.165, 1.54) is 0 Å². The molecule has 1 aromatic carbocycles. The number of hydrogen-bond donors (Lipinski definition) is 0. The molecule has 0 spiro atoms. The van der Waals surface area contributed by atoms with Crippen molar-refractivity contribution in [3.05, 3.63) is 55.1 Å². The Kier molecular flexibility index (Phi) is 9.01. The molecule has 0 atom stereocenters. The molecule has 0 saturated heterocycles. The van der Waals surface area contributed by atoms with Gasteiger partial charge in [0, 0.05) is 22.7 Å². The molecule has 1 aromatic rings. The summed E-state index contributed by atoms with van der Waals surface area (Å²) in [6.07, 6.45) is -0.353. The summed E-state index contributed by atoms with van der Waals surface area (Å²) in [6.45, 7) is -0.254. The molecule has 26 heavy (non-hydrogen) atoms. The summed E-state index contributed by atoms with van der Waals surface area (Å²) in [6, 6.07) is 3.99. The number of hydrogen-bond acceptors (Lipinski definition) is 4. The summed E-state index contributed by atoms with van der Waals surface area (Å²) in [5.41, 5.74) is 0.447. The molecule has 0 aliphatic rings. The van der Waals surface area contributed by atoms with E-state index in [0.29, 0.717) is 62.5 Å². The molecule has 0 aliphatic carbocycles. The van der Waals surface area contributed by atoms with Crippen molar-refractivity contribution < 1.29 is 23.0 Å². The number of unbranched alkanes of at least 4 members (excludes halogenated alkanes) is 4. The van der Waals surface area contributed by atoms with Gasteiger partial charge in [-0.2, -0.15) is 13.2 Å². The first-order valence-corrected chi connectivity index (χ1v) is 8.62. The molecular formula is C17H23F3N2O4. The number of halogens is 3. The molecule has 0 aromatic heterocycles. The van der Waals surface area contributed by atoms with Crippen LogP contribution in [0.25, 0.3) is 0 Å². The van der Waals surface area contributed by atoms with Crippen LogP contribution in [0.3, 0.4) is 0 Å². The standard InChI is InChI=1S/C17H23F3N2O4/c18-17(19,20)16-12-14(7-3-1-5-9-21(23)24)11-15(13-16)8-4-2-6-10-22(25)26/h11-13H,1-10H2. The van der Waals surface area contributed by atoms with Crippen LogP contribution in [0.5, 0.6) is 0 Å². The Labute approximate surface area is 149 Å². The maximum atomic E-state index is 13.1. The van der Waals surface area contributed by atoms with Crippen LogP contribution in [0.1, 0.15) is 55.2 Å². The lowest BCUT2D eigenvalue weighted by molar-refractivity contribution is -0.480. The van der Waals surface area contributed by atoms with E-state index in [2.05, 4.69) is 0 Å². The Morgan fingerprint density at radius 1 is 0.731 bits per heavy atom. The minimum absolute atomic E-state index is 0.127. The van der Waals surface area contributed by atoms with Gasteiger partial charge in [0.2, 0.25) is 13.1 Å². The zero-order valence-corrected chi connectivity index (χ0v) is 14.5. The van der Waals surface area contributed by atoms with Crippen molar-refractivity contribution in [3.8, 4) is 0 Å². The molecule has 0 bridgehead atoms. The molecule has 0 saturated carbocycles. The van der Waals surface area contributed by atoms with E-state index < -0.39 is 21.6 Å². The molecule has 0 amide bonds. The molecule has 6 nitrogen and oxygen atoms in total. The predicted octanol–water partition coefficient (Wildman–Crippen LogP) is 4.68. The smallest absolute Gasteiger partial charge is 0.265 e. The van der Waals surface area contributed by atoms with Gasteiger partial charge in [0.15, 0.2) is 0 Å². The SMILES string of the molecule is O=[N+]([O-])CCCCCc1cc(CCCCC[N+](=O)[O-])cc(C(F)(F)F)c1. The maximum Gasteiger partial charge on any atom is 0.416 e. The van der Waals surface area contributed by atoms with Gasteiger partial charge in [0.25, 0.3) is 0 Å². The molecule has 0 heterocycles. The highest BCUT2D eigenvalue weighted by Crippen LogP contribution is 2.31. The average molecular weight is 376 g/mol. The van der Waals surface area contributed by atoms with E-state index >= 15 is 0 Å². The van der Waals surface area contributed by atoms with Crippen LogP contribution >= 0.6 is 0 Å². The van der Waals surface area contributed by atoms with Crippen LogP contribution in [-0.2, 0) is 19.0 Å². The number of nitrogens with zero attached hydrogens (tertiary/aromatic N) is 2. The van der Waals surface area contributed by atoms with Crippen molar-refractivity contribution in [3.63, 3.8) is 0 Å². The van der Waals surface area contributed by atoms with E-state index in [-0.39, 0.29) is 13.1 Å². The zero-order chi connectivity index (χ0) is 19.6. The number of rotatable bonds is 12. The van der Waals surface area contributed by atoms with E-state index in [1.807, 2.05) is 0 Å². The van der Waals surface area contributed by atoms with Crippen LogP contribution in [-0.4, -0.2) is 22.9 Å². The first kappa shape index (κ1) is 21.9. The highest BCUT2D eigenvalue weighted by atomic mass is 19.4. The first-order valence-electron chi connectivity index (χ1n) is 8.62. The lowest BCUT2D eigenvalue weighted by Crippen LogP contribution is -2.07. The molecule has 0 radical (unpaired) electrons. The molecule has 9 heteroatoms. The van der Waals surface area contributed by atoms with Crippen molar-refractivity contribution in [1.82, 2.24) is 0 Å². The monoisotopic (exact) mass is 376 g/mol. The molecule has 1 rings (SSSR count). The van der Waals surface area contributed by atoms with Crippen LogP contribution < -0.4 is 0 Å². The largest absolute Gasteiger partial charge is 0.416 e. The third kappa shape index (κ3) is 9.33. The van der Waals surface area contributed by atoms with Gasteiger partial charge in [-0.25, -0.2) is 0 Å². The Balaban J connectivity index is 2.62. The van der Waals surface area contributed by atoms with Gasteiger partial charge in [-0.1, -0.05) is 6.07 Å². The fourth-order valence-corrected chi connectivity index (χ4v) is 2.71. The van der Waals surface area contributed by atoms with Gasteiger partial charge in [0.05, 0.1) is 5.56 Å². The summed E-state index contributed by atoms with van der Waals surface area (Å²) in [5, 5.41) is 20.5. The summed E-state index contributed by atoms with van der Waals surface area (Å²) >= 11 is 0. The van der Waals surface area contributed by atoms with Gasteiger partial charge >= 0.3 is 6.18 Å². The fourth-order valence-electron chi connectivity index (χ4n) is 2.71. The Morgan fingerprint density at radius 3 is 1.50 bits per heavy atom. The Hall–Kier alpha value is -2.19. The average Bonchev–Trinajstić information content (AvgIpc) is 2.52. The molecule has 0 unspecified atom stereocenters. The van der Waals surface area contributed by atoms with Crippen LogP contribution in [0.2, 0.25) is 0 Å². The summed E-state index contributed by atoms with van der Waals surface area (Å²) < 4.78 is 39.2. The Morgan fingerprint density at radius 2 is 1.15 bits per heavy atom. The topological polar surface area (TPSA) is 86.3 Å². The Bertz CT molecular complexity index is 564. The quantitative estimate of drug-likeness (QED) is 0.301. The van der Waals surface area contributed by atoms with E-state index in [1.54, 1.807) is 6.07 Å². The van der Waals surface area contributed by atoms with Crippen molar-refractivity contribution in [2.45, 2.75) is 57.5 Å². The fraction of sp³-hybridized carbons (Fsp3) is 0.647. The van der Waals surface area contributed by atoms with Crippen molar-refractivity contribution in [1.29, 1.82) is 0 Å². The van der Waals surface area contributed by atoms with E-state index in [0.717, 1.165) is 12.1 Å². The van der Waals surface area contributed by atoms with Crippen molar-refractivity contribution in [2.24, 2.45) is 0 Å². The third-order valence-electron chi connectivity index (χ3n) is 3.99. The maximum absolute atomic E-state index is 13.1. The summed E-state index contributed by atoms with van der Waals surface area (Å²) in [4.78, 5) is 19.7. The van der Waals surface area contributed by atoms with Crippen LogP contribution in [0, 0.1) is 20.2 Å². The minimum Gasteiger partial charge on any atom is -0.265 e. The van der Waals surface area contributed by atoms with E-state index in [4.69, 9.17) is 0 Å². The normalized spacial score (nSPS) is 11.5. The first-order chi connectivity index (χ1) is 12.2. The number of aryl methyl sites for hydroxylation is 2. The minimum atomic E-state index is -4.43. The molecular weight excluding hydrogens is 353 g/mol. The molecule has 0 N–H and O–H groups in total. The number of alkyl halides is 3. The molecule has 0 aliphatic heterocycles. The summed E-state index contributed by atoms with van der Waals surface area (Å²) in [5.74, 6) is 0. The highest BCUT2D eigenvalue weighted by Gasteiger charge is 2.31. The second-order valence-electron chi connectivity index (χ2n) is 6.27. The number of nitro groups is 2. The second-order valence-corrected chi connectivity index (χ2v) is 6.27.